The number of aromatic nitrogens is 1. The molecule has 0 bridgehead atoms. The third kappa shape index (κ3) is 2.84. The Hall–Kier alpha value is -1.56. The number of carbonyl (C=O) groups is 1. The summed E-state index contributed by atoms with van der Waals surface area (Å²) < 4.78 is 0. The van der Waals surface area contributed by atoms with Crippen molar-refractivity contribution in [3.63, 3.8) is 0 Å². The Morgan fingerprint density at radius 2 is 2.27 bits per heavy atom. The van der Waals surface area contributed by atoms with Crippen LogP contribution < -0.4 is 0 Å². The number of hydrogen-bond acceptors (Lipinski definition) is 3. The van der Waals surface area contributed by atoms with Gasteiger partial charge >= 0.3 is 0 Å². The van der Waals surface area contributed by atoms with E-state index in [4.69, 9.17) is 11.6 Å². The molecule has 2 heterocycles. The minimum atomic E-state index is -1.17. The van der Waals surface area contributed by atoms with Crippen LogP contribution in [0.1, 0.15) is 18.4 Å². The first-order valence-electron chi connectivity index (χ1n) is 7.38. The number of aromatic amines is 1. The highest BCUT2D eigenvalue weighted by Crippen LogP contribution is 2.28. The predicted octanol–water partition coefficient (Wildman–Crippen LogP) is 1.71. The number of nitrogens with one attached hydrogen (secondary N) is 1. The molecule has 0 saturated carbocycles. The Balaban J connectivity index is 1.79. The van der Waals surface area contributed by atoms with Gasteiger partial charge in [0.25, 0.3) is 0 Å². The number of aliphatic hydroxyl groups is 2. The van der Waals surface area contributed by atoms with E-state index in [1.165, 1.54) is 0 Å². The molecule has 1 atom stereocenters. The number of β-amino-alcohol motifs (C(OH)–C–C–N with tert-alkyl or cyclic N) is 1. The van der Waals surface area contributed by atoms with Crippen LogP contribution in [-0.2, 0) is 11.2 Å². The summed E-state index contributed by atoms with van der Waals surface area (Å²) in [7, 11) is 0. The van der Waals surface area contributed by atoms with Crippen molar-refractivity contribution in [2.75, 3.05) is 19.7 Å². The second kappa shape index (κ2) is 5.91. The quantitative estimate of drug-likeness (QED) is 0.805. The zero-order valence-corrected chi connectivity index (χ0v) is 12.9. The van der Waals surface area contributed by atoms with E-state index in [0.717, 1.165) is 16.5 Å². The van der Waals surface area contributed by atoms with Gasteiger partial charge in [0.2, 0.25) is 5.91 Å². The van der Waals surface area contributed by atoms with Gasteiger partial charge < -0.3 is 20.1 Å². The van der Waals surface area contributed by atoms with Crippen LogP contribution in [0.25, 0.3) is 10.9 Å². The van der Waals surface area contributed by atoms with E-state index < -0.39 is 5.60 Å². The van der Waals surface area contributed by atoms with E-state index in [-0.39, 0.29) is 25.5 Å². The summed E-state index contributed by atoms with van der Waals surface area (Å²) in [6.07, 6.45) is 3.24. The van der Waals surface area contributed by atoms with E-state index in [0.29, 0.717) is 24.4 Å². The van der Waals surface area contributed by atoms with Crippen molar-refractivity contribution >= 4 is 28.4 Å². The molecule has 1 aromatic heterocycles. The molecule has 1 amide bonds. The summed E-state index contributed by atoms with van der Waals surface area (Å²) in [6, 6.07) is 5.58. The molecule has 2 aromatic rings. The van der Waals surface area contributed by atoms with Gasteiger partial charge in [-0.05, 0) is 30.5 Å². The maximum absolute atomic E-state index is 12.5. The lowest BCUT2D eigenvalue weighted by Gasteiger charge is -2.38. The van der Waals surface area contributed by atoms with Gasteiger partial charge in [-0.1, -0.05) is 17.7 Å². The van der Waals surface area contributed by atoms with Gasteiger partial charge in [-0.3, -0.25) is 4.79 Å². The van der Waals surface area contributed by atoms with Crippen LogP contribution in [0.15, 0.2) is 24.4 Å². The van der Waals surface area contributed by atoms with Crippen molar-refractivity contribution in [1.29, 1.82) is 0 Å². The fraction of sp³-hybridized carbons (Fsp3) is 0.438. The third-order valence-electron chi connectivity index (χ3n) is 4.28. The van der Waals surface area contributed by atoms with Gasteiger partial charge in [0.05, 0.1) is 24.6 Å². The summed E-state index contributed by atoms with van der Waals surface area (Å²) in [4.78, 5) is 17.2. The molecule has 0 aliphatic carbocycles. The van der Waals surface area contributed by atoms with Crippen molar-refractivity contribution in [2.24, 2.45) is 0 Å². The first kappa shape index (κ1) is 15.3. The Labute approximate surface area is 133 Å². The first-order valence-corrected chi connectivity index (χ1v) is 7.76. The number of rotatable bonds is 3. The normalized spacial score (nSPS) is 22.2. The number of carbonyl (C=O) groups excluding carboxylic acids is 1. The molecule has 1 aromatic carbocycles. The van der Waals surface area contributed by atoms with Gasteiger partial charge in [-0.25, -0.2) is 0 Å². The molecule has 1 saturated heterocycles. The number of H-pyrrole nitrogens is 1. The van der Waals surface area contributed by atoms with Crippen molar-refractivity contribution in [2.45, 2.75) is 24.9 Å². The predicted molar refractivity (Wildman–Crippen MR) is 84.9 cm³/mol. The molecule has 5 nitrogen and oxygen atoms in total. The number of likely N-dealkylation sites (tertiary alicyclic amines) is 1. The highest BCUT2D eigenvalue weighted by atomic mass is 35.5. The molecule has 1 aliphatic rings. The molecular weight excluding hydrogens is 304 g/mol. The molecule has 0 radical (unpaired) electrons. The Morgan fingerprint density at radius 3 is 3.05 bits per heavy atom. The standard InChI is InChI=1S/C16H19ClN2O3/c17-12-3-1-4-13-15(12)11(8-18-13)7-14(21)19-6-2-5-16(22,9-19)10-20/h1,3-4,8,18,20,22H,2,5-7,9-10H2. The van der Waals surface area contributed by atoms with Crippen molar-refractivity contribution in [3.8, 4) is 0 Å². The van der Waals surface area contributed by atoms with E-state index in [1.807, 2.05) is 12.1 Å². The highest BCUT2D eigenvalue weighted by molar-refractivity contribution is 6.35. The smallest absolute Gasteiger partial charge is 0.227 e. The lowest BCUT2D eigenvalue weighted by Crippen LogP contribution is -2.52. The molecule has 6 heteroatoms. The summed E-state index contributed by atoms with van der Waals surface area (Å²) in [6.45, 7) is 0.464. The molecule has 3 rings (SSSR count). The third-order valence-corrected chi connectivity index (χ3v) is 4.60. The van der Waals surface area contributed by atoms with E-state index in [1.54, 1.807) is 17.2 Å². The first-order chi connectivity index (χ1) is 10.5. The topological polar surface area (TPSA) is 76.6 Å². The van der Waals surface area contributed by atoms with Gasteiger partial charge in [0.15, 0.2) is 0 Å². The second-order valence-corrected chi connectivity index (χ2v) is 6.36. The zero-order chi connectivity index (χ0) is 15.7. The number of amides is 1. The van der Waals surface area contributed by atoms with Gasteiger partial charge in [-0.15, -0.1) is 0 Å². The van der Waals surface area contributed by atoms with Crippen molar-refractivity contribution < 1.29 is 15.0 Å². The highest BCUT2D eigenvalue weighted by Gasteiger charge is 2.34. The monoisotopic (exact) mass is 322 g/mol. The fourth-order valence-electron chi connectivity index (χ4n) is 3.08. The average Bonchev–Trinajstić information content (AvgIpc) is 2.92. The molecule has 22 heavy (non-hydrogen) atoms. The Kier molecular flexibility index (Phi) is 4.12. The van der Waals surface area contributed by atoms with Crippen LogP contribution in [-0.4, -0.2) is 51.3 Å². The van der Waals surface area contributed by atoms with Crippen LogP contribution in [0.4, 0.5) is 0 Å². The second-order valence-electron chi connectivity index (χ2n) is 5.95. The number of halogens is 1. The van der Waals surface area contributed by atoms with E-state index in [2.05, 4.69) is 4.98 Å². The summed E-state index contributed by atoms with van der Waals surface area (Å²) in [5.74, 6) is -0.0626. The zero-order valence-electron chi connectivity index (χ0n) is 12.2. The SMILES string of the molecule is O=C(Cc1c[nH]c2cccc(Cl)c12)N1CCCC(O)(CO)C1. The number of aliphatic hydroxyl groups excluding tert-OH is 1. The van der Waals surface area contributed by atoms with E-state index >= 15 is 0 Å². The summed E-state index contributed by atoms with van der Waals surface area (Å²) in [5.41, 5.74) is 0.579. The molecule has 118 valence electrons. The molecule has 1 fully saturated rings. The average molecular weight is 323 g/mol. The van der Waals surface area contributed by atoms with Crippen LogP contribution >= 0.6 is 11.6 Å². The minimum Gasteiger partial charge on any atom is -0.393 e. The van der Waals surface area contributed by atoms with Crippen molar-refractivity contribution in [3.05, 3.63) is 35.0 Å². The maximum atomic E-state index is 12.5. The number of hydrogen-bond donors (Lipinski definition) is 3. The molecule has 0 spiro atoms. The molecule has 3 N–H and O–H groups in total. The Bertz CT molecular complexity index is 700. The summed E-state index contributed by atoms with van der Waals surface area (Å²) >= 11 is 6.22. The largest absolute Gasteiger partial charge is 0.393 e. The minimum absolute atomic E-state index is 0.0626. The number of fused-ring (bicyclic) bond motifs is 1. The number of piperidine rings is 1. The molecule has 1 aliphatic heterocycles. The lowest BCUT2D eigenvalue weighted by atomic mass is 9.93. The van der Waals surface area contributed by atoms with E-state index in [9.17, 15) is 15.0 Å². The number of benzene rings is 1. The van der Waals surface area contributed by atoms with Gasteiger partial charge in [0.1, 0.15) is 5.60 Å². The molecular formula is C16H19ClN2O3. The van der Waals surface area contributed by atoms with Crippen LogP contribution in [0, 0.1) is 0 Å². The van der Waals surface area contributed by atoms with Gasteiger partial charge in [-0.2, -0.15) is 0 Å². The van der Waals surface area contributed by atoms with Crippen molar-refractivity contribution in [1.82, 2.24) is 9.88 Å². The van der Waals surface area contributed by atoms with Gasteiger partial charge in [0, 0.05) is 23.6 Å². The lowest BCUT2D eigenvalue weighted by molar-refractivity contribution is -0.139. The maximum Gasteiger partial charge on any atom is 0.227 e. The Morgan fingerprint density at radius 1 is 1.45 bits per heavy atom. The summed E-state index contributed by atoms with van der Waals surface area (Å²) in [5, 5.41) is 20.9. The van der Waals surface area contributed by atoms with Crippen LogP contribution in [0.3, 0.4) is 0 Å². The van der Waals surface area contributed by atoms with Crippen LogP contribution in [0.2, 0.25) is 5.02 Å². The van der Waals surface area contributed by atoms with Crippen LogP contribution in [0.5, 0.6) is 0 Å². The molecule has 1 unspecified atom stereocenters. The fourth-order valence-corrected chi connectivity index (χ4v) is 3.37. The number of nitrogens with zero attached hydrogens (tertiary/aromatic N) is 1.